The minimum absolute atomic E-state index is 0.0000679. The molecule has 0 saturated carbocycles. The van der Waals surface area contributed by atoms with Crippen LogP contribution in [-0.4, -0.2) is 18.1 Å². The Kier molecular flexibility index (Phi) is 5.31. The number of ether oxygens (including phenoxy) is 1. The van der Waals surface area contributed by atoms with Crippen LogP contribution in [0.25, 0.3) is 0 Å². The highest BCUT2D eigenvalue weighted by molar-refractivity contribution is 6.00. The van der Waals surface area contributed by atoms with E-state index in [1.165, 1.54) is 0 Å². The number of fused-ring (bicyclic) bond motifs is 3. The Morgan fingerprint density at radius 1 is 1.12 bits per heavy atom. The summed E-state index contributed by atoms with van der Waals surface area (Å²) in [5.41, 5.74) is 4.77. The molecule has 1 aliphatic heterocycles. The lowest BCUT2D eigenvalue weighted by Crippen LogP contribution is -2.32. The first-order valence-corrected chi connectivity index (χ1v) is 10.9. The van der Waals surface area contributed by atoms with E-state index < -0.39 is 0 Å². The van der Waals surface area contributed by atoms with E-state index in [4.69, 9.17) is 4.74 Å². The highest BCUT2D eigenvalue weighted by Gasteiger charge is 2.39. The summed E-state index contributed by atoms with van der Waals surface area (Å²) in [4.78, 5) is 13.1. The van der Waals surface area contributed by atoms with Crippen LogP contribution in [0.2, 0.25) is 0 Å². The predicted octanol–water partition coefficient (Wildman–Crippen LogP) is 5.16. The molecule has 3 aromatic rings. The maximum absolute atomic E-state index is 13.1. The van der Waals surface area contributed by atoms with Crippen molar-refractivity contribution in [2.24, 2.45) is 5.92 Å². The third-order valence-corrected chi connectivity index (χ3v) is 6.50. The number of anilines is 1. The van der Waals surface area contributed by atoms with E-state index in [9.17, 15) is 9.90 Å². The van der Waals surface area contributed by atoms with Crippen molar-refractivity contribution in [1.29, 1.82) is 0 Å². The molecular formula is C27H26N2O3. The first-order valence-electron chi connectivity index (χ1n) is 10.9. The number of hydrogen-bond donors (Lipinski definition) is 3. The number of phenols is 1. The summed E-state index contributed by atoms with van der Waals surface area (Å²) >= 11 is 0. The summed E-state index contributed by atoms with van der Waals surface area (Å²) in [6, 6.07) is 21.3. The summed E-state index contributed by atoms with van der Waals surface area (Å²) in [5.74, 6) is 1.04. The van der Waals surface area contributed by atoms with E-state index in [0.717, 1.165) is 28.8 Å². The normalized spacial score (nSPS) is 20.7. The number of hydrogen-bond acceptors (Lipinski definition) is 4. The Balaban J connectivity index is 1.48. The minimum Gasteiger partial charge on any atom is -0.504 e. The van der Waals surface area contributed by atoms with Gasteiger partial charge in [-0.2, -0.15) is 0 Å². The van der Waals surface area contributed by atoms with Gasteiger partial charge < -0.3 is 20.5 Å². The number of aromatic hydroxyl groups is 1. The van der Waals surface area contributed by atoms with Crippen molar-refractivity contribution in [2.75, 3.05) is 12.4 Å². The average molecular weight is 427 g/mol. The lowest BCUT2D eigenvalue weighted by atomic mass is 9.76. The molecule has 2 aliphatic rings. The van der Waals surface area contributed by atoms with Crippen molar-refractivity contribution in [1.82, 2.24) is 5.32 Å². The van der Waals surface area contributed by atoms with Gasteiger partial charge in [-0.3, -0.25) is 4.79 Å². The molecule has 162 valence electrons. The predicted molar refractivity (Wildman–Crippen MR) is 125 cm³/mol. The number of allylic oxidation sites excluding steroid dienone is 2. The Bertz CT molecular complexity index is 1170. The topological polar surface area (TPSA) is 70.6 Å². The van der Waals surface area contributed by atoms with Crippen molar-refractivity contribution in [3.05, 3.63) is 101 Å². The molecule has 3 aromatic carbocycles. The maximum Gasteiger partial charge on any atom is 0.253 e. The second-order valence-electron chi connectivity index (χ2n) is 8.34. The van der Waals surface area contributed by atoms with Gasteiger partial charge in [0.05, 0.1) is 24.4 Å². The smallest absolute Gasteiger partial charge is 0.253 e. The largest absolute Gasteiger partial charge is 0.504 e. The average Bonchev–Trinajstić information content (AvgIpc) is 3.33. The van der Waals surface area contributed by atoms with Crippen molar-refractivity contribution in [3.63, 3.8) is 0 Å². The molecule has 1 amide bonds. The molecule has 1 aliphatic carbocycles. The Morgan fingerprint density at radius 3 is 2.78 bits per heavy atom. The van der Waals surface area contributed by atoms with Gasteiger partial charge in [0, 0.05) is 12.5 Å². The molecule has 0 fully saturated rings. The number of benzene rings is 3. The number of rotatable bonds is 5. The number of methoxy groups -OCH3 is 1. The number of carbonyl (C=O) groups excluding carboxylic acids is 1. The van der Waals surface area contributed by atoms with Crippen molar-refractivity contribution >= 4 is 11.6 Å². The molecule has 0 spiro atoms. The molecule has 0 aromatic heterocycles. The summed E-state index contributed by atoms with van der Waals surface area (Å²) in [5, 5.41) is 16.8. The van der Waals surface area contributed by atoms with E-state index in [0.29, 0.717) is 23.8 Å². The number of carbonyl (C=O) groups is 1. The molecule has 0 saturated heterocycles. The molecule has 3 N–H and O–H groups in total. The van der Waals surface area contributed by atoms with Gasteiger partial charge in [0.2, 0.25) is 0 Å². The molecule has 5 rings (SSSR count). The quantitative estimate of drug-likeness (QED) is 0.493. The van der Waals surface area contributed by atoms with Gasteiger partial charge in [0.15, 0.2) is 11.5 Å². The fourth-order valence-corrected chi connectivity index (χ4v) is 4.90. The van der Waals surface area contributed by atoms with Crippen LogP contribution in [-0.2, 0) is 6.54 Å². The van der Waals surface area contributed by atoms with Crippen LogP contribution >= 0.6 is 0 Å². The standard InChI is InChI=1S/C27H26N2O3/c1-32-24-15-18(13-14-23(24)30)25-20-10-5-9-19(20)21-11-6-12-22(26(21)29-25)27(31)28-16-17-7-3-2-4-8-17/h2-9,11-15,19-20,25,29-30H,10,16H2,1H3,(H,28,31). The van der Waals surface area contributed by atoms with Gasteiger partial charge in [0.25, 0.3) is 5.91 Å². The van der Waals surface area contributed by atoms with Crippen molar-refractivity contribution in [2.45, 2.75) is 24.9 Å². The second-order valence-corrected chi connectivity index (χ2v) is 8.34. The van der Waals surface area contributed by atoms with Crippen molar-refractivity contribution in [3.8, 4) is 11.5 Å². The summed E-state index contributed by atoms with van der Waals surface area (Å²) in [6.07, 6.45) is 5.43. The molecule has 1 heterocycles. The van der Waals surface area contributed by atoms with Crippen LogP contribution in [0.5, 0.6) is 11.5 Å². The molecule has 3 atom stereocenters. The third-order valence-electron chi connectivity index (χ3n) is 6.50. The van der Waals surface area contributed by atoms with Gasteiger partial charge >= 0.3 is 0 Å². The Labute approximate surface area is 187 Å². The lowest BCUT2D eigenvalue weighted by Gasteiger charge is -2.38. The highest BCUT2D eigenvalue weighted by atomic mass is 16.5. The lowest BCUT2D eigenvalue weighted by molar-refractivity contribution is 0.0951. The van der Waals surface area contributed by atoms with E-state index in [1.807, 2.05) is 54.6 Å². The molecule has 5 heteroatoms. The summed E-state index contributed by atoms with van der Waals surface area (Å²) in [7, 11) is 1.55. The van der Waals surface area contributed by atoms with Crippen LogP contribution in [0.1, 0.15) is 45.4 Å². The van der Waals surface area contributed by atoms with Crippen LogP contribution in [0.4, 0.5) is 5.69 Å². The fraction of sp³-hybridized carbons (Fsp3) is 0.222. The van der Waals surface area contributed by atoms with Crippen LogP contribution in [0.15, 0.2) is 78.9 Å². The number of nitrogens with one attached hydrogen (secondary N) is 2. The zero-order valence-electron chi connectivity index (χ0n) is 17.9. The third kappa shape index (κ3) is 3.60. The number of amides is 1. The van der Waals surface area contributed by atoms with Crippen molar-refractivity contribution < 1.29 is 14.6 Å². The van der Waals surface area contributed by atoms with Gasteiger partial charge in [0.1, 0.15) is 0 Å². The van der Waals surface area contributed by atoms with E-state index in [1.54, 1.807) is 13.2 Å². The number of phenolic OH excluding ortho intramolecular Hbond substituents is 1. The van der Waals surface area contributed by atoms with Gasteiger partial charge in [-0.05, 0) is 47.2 Å². The second kappa shape index (κ2) is 8.42. The summed E-state index contributed by atoms with van der Waals surface area (Å²) in [6.45, 7) is 0.480. The van der Waals surface area contributed by atoms with E-state index in [-0.39, 0.29) is 23.6 Å². The molecule has 0 bridgehead atoms. The van der Waals surface area contributed by atoms with Crippen LogP contribution in [0.3, 0.4) is 0 Å². The molecule has 5 nitrogen and oxygen atoms in total. The zero-order chi connectivity index (χ0) is 22.1. The van der Waals surface area contributed by atoms with Crippen LogP contribution < -0.4 is 15.4 Å². The summed E-state index contributed by atoms with van der Waals surface area (Å²) < 4.78 is 5.34. The van der Waals surface area contributed by atoms with E-state index in [2.05, 4.69) is 28.9 Å². The number of para-hydroxylation sites is 1. The molecular weight excluding hydrogens is 400 g/mol. The Hall–Kier alpha value is -3.73. The first-order chi connectivity index (χ1) is 15.7. The highest BCUT2D eigenvalue weighted by Crippen LogP contribution is 2.51. The van der Waals surface area contributed by atoms with Crippen LogP contribution in [0, 0.1) is 5.92 Å². The molecule has 0 radical (unpaired) electrons. The fourth-order valence-electron chi connectivity index (χ4n) is 4.90. The zero-order valence-corrected chi connectivity index (χ0v) is 17.9. The molecule has 32 heavy (non-hydrogen) atoms. The molecule has 3 unspecified atom stereocenters. The van der Waals surface area contributed by atoms with Gasteiger partial charge in [-0.1, -0.05) is 60.7 Å². The minimum atomic E-state index is -0.0966. The maximum atomic E-state index is 13.1. The first kappa shape index (κ1) is 20.2. The van der Waals surface area contributed by atoms with E-state index >= 15 is 0 Å². The Morgan fingerprint density at radius 2 is 1.97 bits per heavy atom. The van der Waals surface area contributed by atoms with Gasteiger partial charge in [-0.15, -0.1) is 0 Å². The SMILES string of the molecule is COc1cc(C2Nc3c(C(=O)NCc4ccccc4)cccc3C3C=CCC32)ccc1O. The monoisotopic (exact) mass is 426 g/mol. The van der Waals surface area contributed by atoms with Gasteiger partial charge in [-0.25, -0.2) is 0 Å².